The Labute approximate surface area is 137 Å². The second kappa shape index (κ2) is 6.76. The third-order valence-corrected chi connectivity index (χ3v) is 4.68. The van der Waals surface area contributed by atoms with Gasteiger partial charge in [-0.3, -0.25) is 4.79 Å². The van der Waals surface area contributed by atoms with Gasteiger partial charge in [0.2, 0.25) is 0 Å². The van der Waals surface area contributed by atoms with Gasteiger partial charge >= 0.3 is 6.09 Å². The Bertz CT molecular complexity index is 590. The molecule has 0 spiro atoms. The zero-order valence-corrected chi connectivity index (χ0v) is 13.7. The fraction of sp³-hybridized carbons (Fsp3) is 0.538. The average Bonchev–Trinajstić information content (AvgIpc) is 2.75. The SMILES string of the molecule is COC1CN(C(=O)O)CCC1NC(=O)c1[nH]c(C)c(Cl)c1Cl. The molecular formula is C13H17Cl2N3O4. The van der Waals surface area contributed by atoms with E-state index in [1.165, 1.54) is 12.0 Å². The lowest BCUT2D eigenvalue weighted by Crippen LogP contribution is -2.55. The predicted molar refractivity (Wildman–Crippen MR) is 81.8 cm³/mol. The van der Waals surface area contributed by atoms with Gasteiger partial charge in [-0.2, -0.15) is 0 Å². The molecule has 2 amide bonds. The molecule has 7 nitrogen and oxygen atoms in total. The van der Waals surface area contributed by atoms with Gasteiger partial charge in [0.25, 0.3) is 5.91 Å². The molecule has 2 unspecified atom stereocenters. The molecule has 0 aromatic carbocycles. The summed E-state index contributed by atoms with van der Waals surface area (Å²) in [4.78, 5) is 27.4. The number of piperidine rings is 1. The topological polar surface area (TPSA) is 94.7 Å². The summed E-state index contributed by atoms with van der Waals surface area (Å²) < 4.78 is 5.29. The summed E-state index contributed by atoms with van der Waals surface area (Å²) in [6, 6.07) is -0.299. The Morgan fingerprint density at radius 2 is 2.09 bits per heavy atom. The van der Waals surface area contributed by atoms with Crippen LogP contribution in [0.1, 0.15) is 22.6 Å². The van der Waals surface area contributed by atoms with Crippen LogP contribution in [-0.4, -0.2) is 59.3 Å². The van der Waals surface area contributed by atoms with Crippen LogP contribution in [0.2, 0.25) is 10.0 Å². The molecule has 1 aromatic heterocycles. The molecule has 122 valence electrons. The summed E-state index contributed by atoms with van der Waals surface area (Å²) in [6.45, 7) is 2.25. The van der Waals surface area contributed by atoms with E-state index in [0.717, 1.165) is 0 Å². The molecule has 0 saturated carbocycles. The number of aromatic amines is 1. The summed E-state index contributed by atoms with van der Waals surface area (Å²) in [5.74, 6) is -0.393. The predicted octanol–water partition coefficient (Wildman–Crippen LogP) is 2.13. The zero-order valence-electron chi connectivity index (χ0n) is 12.2. The number of H-pyrrole nitrogens is 1. The largest absolute Gasteiger partial charge is 0.465 e. The number of halogens is 2. The van der Waals surface area contributed by atoms with Gasteiger partial charge in [0.05, 0.1) is 28.7 Å². The maximum absolute atomic E-state index is 12.3. The molecule has 2 heterocycles. The monoisotopic (exact) mass is 349 g/mol. The number of carbonyl (C=O) groups is 2. The molecule has 9 heteroatoms. The summed E-state index contributed by atoms with van der Waals surface area (Å²) in [5, 5.41) is 12.3. The molecule has 22 heavy (non-hydrogen) atoms. The lowest BCUT2D eigenvalue weighted by atomic mass is 10.0. The number of methoxy groups -OCH3 is 1. The highest BCUT2D eigenvalue weighted by molar-refractivity contribution is 6.44. The average molecular weight is 350 g/mol. The lowest BCUT2D eigenvalue weighted by molar-refractivity contribution is 0.0101. The highest BCUT2D eigenvalue weighted by atomic mass is 35.5. The highest BCUT2D eigenvalue weighted by Crippen LogP contribution is 2.29. The van der Waals surface area contributed by atoms with Crippen LogP contribution in [0.4, 0.5) is 4.79 Å². The van der Waals surface area contributed by atoms with E-state index >= 15 is 0 Å². The first-order valence-corrected chi connectivity index (χ1v) is 7.45. The maximum atomic E-state index is 12.3. The minimum atomic E-state index is -0.998. The first kappa shape index (κ1) is 16.9. The van der Waals surface area contributed by atoms with Gasteiger partial charge < -0.3 is 25.0 Å². The summed E-state index contributed by atoms with van der Waals surface area (Å²) in [5.41, 5.74) is 0.806. The molecule has 1 aliphatic rings. The van der Waals surface area contributed by atoms with E-state index in [9.17, 15) is 9.59 Å². The molecule has 3 N–H and O–H groups in total. The second-order valence-electron chi connectivity index (χ2n) is 5.12. The second-order valence-corrected chi connectivity index (χ2v) is 5.88. The van der Waals surface area contributed by atoms with Crippen LogP contribution in [0.5, 0.6) is 0 Å². The molecule has 0 radical (unpaired) electrons. The van der Waals surface area contributed by atoms with Crippen molar-refractivity contribution >= 4 is 35.2 Å². The van der Waals surface area contributed by atoms with Crippen molar-refractivity contribution in [2.24, 2.45) is 0 Å². The van der Waals surface area contributed by atoms with Crippen LogP contribution in [-0.2, 0) is 4.74 Å². The number of carboxylic acid groups (broad SMARTS) is 1. The molecule has 1 fully saturated rings. The van der Waals surface area contributed by atoms with Gasteiger partial charge in [-0.25, -0.2) is 4.79 Å². The number of carbonyl (C=O) groups excluding carboxylic acids is 1. The molecule has 1 aliphatic heterocycles. The number of rotatable bonds is 3. The lowest BCUT2D eigenvalue weighted by Gasteiger charge is -2.36. The zero-order chi connectivity index (χ0) is 16.4. The van der Waals surface area contributed by atoms with E-state index in [4.69, 9.17) is 33.0 Å². The number of ether oxygens (including phenoxy) is 1. The molecule has 2 atom stereocenters. The van der Waals surface area contributed by atoms with Crippen molar-refractivity contribution in [2.45, 2.75) is 25.5 Å². The van der Waals surface area contributed by atoms with E-state index in [2.05, 4.69) is 10.3 Å². The minimum Gasteiger partial charge on any atom is -0.465 e. The Hall–Kier alpha value is -1.44. The highest BCUT2D eigenvalue weighted by Gasteiger charge is 2.33. The van der Waals surface area contributed by atoms with Crippen molar-refractivity contribution in [2.75, 3.05) is 20.2 Å². The number of aryl methyl sites for hydroxylation is 1. The van der Waals surface area contributed by atoms with Crippen LogP contribution in [0, 0.1) is 6.92 Å². The van der Waals surface area contributed by atoms with E-state index < -0.39 is 18.1 Å². The fourth-order valence-electron chi connectivity index (χ4n) is 2.46. The van der Waals surface area contributed by atoms with Crippen molar-refractivity contribution in [3.05, 3.63) is 21.4 Å². The van der Waals surface area contributed by atoms with Gasteiger partial charge in [0, 0.05) is 19.3 Å². The Morgan fingerprint density at radius 1 is 1.41 bits per heavy atom. The van der Waals surface area contributed by atoms with Gasteiger partial charge in [-0.05, 0) is 13.3 Å². The Balaban J connectivity index is 2.07. The quantitative estimate of drug-likeness (QED) is 0.778. The molecule has 1 aromatic rings. The number of hydrogen-bond acceptors (Lipinski definition) is 3. The smallest absolute Gasteiger partial charge is 0.407 e. The number of aromatic nitrogens is 1. The number of likely N-dealkylation sites (tertiary alicyclic amines) is 1. The van der Waals surface area contributed by atoms with Gasteiger partial charge in [-0.15, -0.1) is 0 Å². The van der Waals surface area contributed by atoms with Gasteiger partial charge in [-0.1, -0.05) is 23.2 Å². The summed E-state index contributed by atoms with van der Waals surface area (Å²) in [7, 11) is 1.48. The van der Waals surface area contributed by atoms with Crippen molar-refractivity contribution in [1.29, 1.82) is 0 Å². The van der Waals surface area contributed by atoms with Gasteiger partial charge in [0.1, 0.15) is 5.69 Å². The molecule has 1 saturated heterocycles. The Morgan fingerprint density at radius 3 is 2.59 bits per heavy atom. The third kappa shape index (κ3) is 3.31. The molecular weight excluding hydrogens is 333 g/mol. The van der Waals surface area contributed by atoms with E-state index in [-0.39, 0.29) is 23.3 Å². The van der Waals surface area contributed by atoms with Crippen LogP contribution in [0.3, 0.4) is 0 Å². The van der Waals surface area contributed by atoms with Crippen LogP contribution < -0.4 is 5.32 Å². The van der Waals surface area contributed by atoms with E-state index in [1.807, 2.05) is 0 Å². The molecule has 2 rings (SSSR count). The van der Waals surface area contributed by atoms with Crippen molar-refractivity contribution in [3.63, 3.8) is 0 Å². The van der Waals surface area contributed by atoms with Crippen LogP contribution in [0.15, 0.2) is 0 Å². The number of nitrogens with one attached hydrogen (secondary N) is 2. The van der Waals surface area contributed by atoms with Gasteiger partial charge in [0.15, 0.2) is 0 Å². The van der Waals surface area contributed by atoms with E-state index in [0.29, 0.717) is 23.7 Å². The van der Waals surface area contributed by atoms with Crippen LogP contribution >= 0.6 is 23.2 Å². The third-order valence-electron chi connectivity index (χ3n) is 3.73. The molecule has 0 bridgehead atoms. The first-order valence-electron chi connectivity index (χ1n) is 6.70. The molecule has 0 aliphatic carbocycles. The number of amides is 2. The number of nitrogens with zero attached hydrogens (tertiary/aromatic N) is 1. The number of hydrogen-bond donors (Lipinski definition) is 3. The van der Waals surface area contributed by atoms with Crippen LogP contribution in [0.25, 0.3) is 0 Å². The maximum Gasteiger partial charge on any atom is 0.407 e. The van der Waals surface area contributed by atoms with Crippen molar-refractivity contribution in [1.82, 2.24) is 15.2 Å². The standard InChI is InChI=1S/C13H17Cl2N3O4/c1-6-9(14)10(15)11(16-6)12(19)17-7-3-4-18(13(20)21)5-8(7)22-2/h7-8,16H,3-5H2,1-2H3,(H,17,19)(H,20,21). The first-order chi connectivity index (χ1) is 10.3. The van der Waals surface area contributed by atoms with Crippen molar-refractivity contribution in [3.8, 4) is 0 Å². The minimum absolute atomic E-state index is 0.175. The fourth-order valence-corrected chi connectivity index (χ4v) is 2.88. The summed E-state index contributed by atoms with van der Waals surface area (Å²) in [6.07, 6.45) is -0.956. The van der Waals surface area contributed by atoms with E-state index in [1.54, 1.807) is 6.92 Å². The normalized spacial score (nSPS) is 21.7. The Kier molecular flexibility index (Phi) is 5.20. The van der Waals surface area contributed by atoms with Crippen molar-refractivity contribution < 1.29 is 19.4 Å². The summed E-state index contributed by atoms with van der Waals surface area (Å²) >= 11 is 12.0.